The smallest absolute Gasteiger partial charge is 0.337 e. The molecule has 0 aliphatic rings. The van der Waals surface area contributed by atoms with Crippen LogP contribution in [0.5, 0.6) is 5.75 Å². The number of aliphatic carboxylic acids is 1. The molecule has 1 aromatic rings. The third-order valence-electron chi connectivity index (χ3n) is 1.90. The van der Waals surface area contributed by atoms with Crippen molar-refractivity contribution in [3.63, 3.8) is 0 Å². The van der Waals surface area contributed by atoms with E-state index in [1.807, 2.05) is 6.92 Å². The van der Waals surface area contributed by atoms with Gasteiger partial charge in [-0.25, -0.2) is 4.79 Å². The third-order valence-corrected chi connectivity index (χ3v) is 1.90. The molecule has 82 valence electrons. The fourth-order valence-corrected chi connectivity index (χ4v) is 1.11. The second-order valence-electron chi connectivity index (χ2n) is 3.16. The van der Waals surface area contributed by atoms with Crippen molar-refractivity contribution in [2.75, 3.05) is 6.61 Å². The first kappa shape index (κ1) is 11.5. The van der Waals surface area contributed by atoms with E-state index in [9.17, 15) is 9.90 Å². The van der Waals surface area contributed by atoms with Crippen LogP contribution in [0.2, 0.25) is 0 Å². The molecule has 2 N–H and O–H groups in total. The zero-order valence-electron chi connectivity index (χ0n) is 8.51. The summed E-state index contributed by atoms with van der Waals surface area (Å²) in [4.78, 5) is 10.5. The van der Waals surface area contributed by atoms with Gasteiger partial charge in [0.15, 0.2) is 6.10 Å². The number of aliphatic hydroxyl groups is 1. The first-order valence-corrected chi connectivity index (χ1v) is 4.78. The predicted molar refractivity (Wildman–Crippen MR) is 54.8 cm³/mol. The molecule has 0 radical (unpaired) electrons. The third kappa shape index (κ3) is 3.25. The molecule has 4 nitrogen and oxygen atoms in total. The van der Waals surface area contributed by atoms with Crippen LogP contribution in [0.3, 0.4) is 0 Å². The van der Waals surface area contributed by atoms with E-state index in [2.05, 4.69) is 0 Å². The normalized spacial score (nSPS) is 12.1. The number of ether oxygens (including phenoxy) is 1. The molecule has 0 amide bonds. The first-order valence-electron chi connectivity index (χ1n) is 4.78. The molecule has 1 aromatic carbocycles. The van der Waals surface area contributed by atoms with Gasteiger partial charge >= 0.3 is 5.97 Å². The van der Waals surface area contributed by atoms with Crippen LogP contribution in [0.1, 0.15) is 25.0 Å². The number of carbonyl (C=O) groups is 1. The Kier molecular flexibility index (Phi) is 4.12. The van der Waals surface area contributed by atoms with Gasteiger partial charge < -0.3 is 14.9 Å². The topological polar surface area (TPSA) is 66.8 Å². The largest absolute Gasteiger partial charge is 0.494 e. The number of hydrogen-bond donors (Lipinski definition) is 2. The van der Waals surface area contributed by atoms with E-state index in [1.165, 1.54) is 0 Å². The number of hydrogen-bond acceptors (Lipinski definition) is 3. The Bertz CT molecular complexity index is 318. The summed E-state index contributed by atoms with van der Waals surface area (Å²) in [5.41, 5.74) is 0.353. The molecule has 15 heavy (non-hydrogen) atoms. The summed E-state index contributed by atoms with van der Waals surface area (Å²) in [5.74, 6) is -0.574. The Morgan fingerprint density at radius 1 is 1.40 bits per heavy atom. The van der Waals surface area contributed by atoms with Crippen molar-refractivity contribution in [1.29, 1.82) is 0 Å². The fourth-order valence-electron chi connectivity index (χ4n) is 1.11. The molecule has 0 fully saturated rings. The molecule has 0 aromatic heterocycles. The summed E-state index contributed by atoms with van der Waals surface area (Å²) in [7, 11) is 0. The quantitative estimate of drug-likeness (QED) is 0.774. The maximum absolute atomic E-state index is 10.5. The molecule has 0 aliphatic carbocycles. The van der Waals surface area contributed by atoms with Gasteiger partial charge in [0.05, 0.1) is 6.61 Å². The molecule has 1 rings (SSSR count). The number of aliphatic hydroxyl groups excluding tert-OH is 1. The maximum atomic E-state index is 10.5. The highest BCUT2D eigenvalue weighted by Gasteiger charge is 2.15. The lowest BCUT2D eigenvalue weighted by Gasteiger charge is -2.07. The van der Waals surface area contributed by atoms with Gasteiger partial charge in [-0.15, -0.1) is 0 Å². The van der Waals surface area contributed by atoms with Crippen molar-refractivity contribution in [3.8, 4) is 5.75 Å². The van der Waals surface area contributed by atoms with Gasteiger partial charge in [-0.3, -0.25) is 0 Å². The molecule has 0 unspecified atom stereocenters. The lowest BCUT2D eigenvalue weighted by molar-refractivity contribution is -0.146. The summed E-state index contributed by atoms with van der Waals surface area (Å²) < 4.78 is 5.32. The summed E-state index contributed by atoms with van der Waals surface area (Å²) >= 11 is 0. The predicted octanol–water partition coefficient (Wildman–Crippen LogP) is 1.59. The van der Waals surface area contributed by atoms with Crippen LogP contribution in [0, 0.1) is 0 Å². The van der Waals surface area contributed by atoms with Gasteiger partial charge in [0.25, 0.3) is 0 Å². The minimum absolute atomic E-state index is 0.353. The van der Waals surface area contributed by atoms with Gasteiger partial charge in [-0.05, 0) is 24.1 Å². The Morgan fingerprint density at radius 2 is 2.00 bits per heavy atom. The molecule has 0 aliphatic heterocycles. The zero-order valence-corrected chi connectivity index (χ0v) is 8.51. The first-order chi connectivity index (χ1) is 7.15. The molecule has 0 heterocycles. The van der Waals surface area contributed by atoms with E-state index in [0.717, 1.165) is 6.42 Å². The van der Waals surface area contributed by atoms with Crippen molar-refractivity contribution in [1.82, 2.24) is 0 Å². The number of benzene rings is 1. The minimum atomic E-state index is -1.47. The Labute approximate surface area is 88.1 Å². The van der Waals surface area contributed by atoms with Gasteiger partial charge in [-0.1, -0.05) is 19.1 Å². The molecule has 0 saturated carbocycles. The second-order valence-corrected chi connectivity index (χ2v) is 3.16. The average Bonchev–Trinajstić information content (AvgIpc) is 2.26. The van der Waals surface area contributed by atoms with E-state index in [4.69, 9.17) is 9.84 Å². The van der Waals surface area contributed by atoms with Crippen LogP contribution >= 0.6 is 0 Å². The van der Waals surface area contributed by atoms with E-state index < -0.39 is 12.1 Å². The Balaban J connectivity index is 2.67. The van der Waals surface area contributed by atoms with Gasteiger partial charge in [-0.2, -0.15) is 0 Å². The van der Waals surface area contributed by atoms with E-state index in [-0.39, 0.29) is 0 Å². The van der Waals surface area contributed by atoms with Crippen LogP contribution < -0.4 is 4.74 Å². The number of rotatable bonds is 5. The molecule has 0 spiro atoms. The molecule has 0 bridgehead atoms. The van der Waals surface area contributed by atoms with Gasteiger partial charge in [0.1, 0.15) is 5.75 Å². The lowest BCUT2D eigenvalue weighted by Crippen LogP contribution is -2.10. The van der Waals surface area contributed by atoms with Gasteiger partial charge in [0.2, 0.25) is 0 Å². The molecular formula is C11H14O4. The van der Waals surface area contributed by atoms with Crippen LogP contribution in [-0.4, -0.2) is 22.8 Å². The number of carboxylic acid groups (broad SMARTS) is 1. The van der Waals surface area contributed by atoms with Crippen molar-refractivity contribution in [2.24, 2.45) is 0 Å². The summed E-state index contributed by atoms with van der Waals surface area (Å²) in [6.45, 7) is 2.63. The summed E-state index contributed by atoms with van der Waals surface area (Å²) in [6, 6.07) is 6.39. The van der Waals surface area contributed by atoms with Crippen molar-refractivity contribution < 1.29 is 19.7 Å². The highest BCUT2D eigenvalue weighted by atomic mass is 16.5. The minimum Gasteiger partial charge on any atom is -0.494 e. The zero-order chi connectivity index (χ0) is 11.3. The van der Waals surface area contributed by atoms with Crippen LogP contribution in [-0.2, 0) is 4.79 Å². The molecular weight excluding hydrogens is 196 g/mol. The van der Waals surface area contributed by atoms with Crippen LogP contribution in [0.4, 0.5) is 0 Å². The van der Waals surface area contributed by atoms with Crippen LogP contribution in [0.25, 0.3) is 0 Å². The molecule has 0 saturated heterocycles. The van der Waals surface area contributed by atoms with E-state index in [1.54, 1.807) is 24.3 Å². The summed E-state index contributed by atoms with van der Waals surface area (Å²) in [6.07, 6.45) is -0.551. The SMILES string of the molecule is CCCOc1ccc([C@H](O)C(=O)O)cc1. The van der Waals surface area contributed by atoms with Crippen molar-refractivity contribution in [3.05, 3.63) is 29.8 Å². The average molecular weight is 210 g/mol. The van der Waals surface area contributed by atoms with E-state index in [0.29, 0.717) is 17.9 Å². The standard InChI is InChI=1S/C11H14O4/c1-2-7-15-9-5-3-8(4-6-9)10(12)11(13)14/h3-6,10,12H,2,7H2,1H3,(H,13,14)/t10-/m0/s1. The second kappa shape index (κ2) is 5.36. The van der Waals surface area contributed by atoms with E-state index >= 15 is 0 Å². The molecule has 4 heteroatoms. The van der Waals surface area contributed by atoms with Crippen molar-refractivity contribution >= 4 is 5.97 Å². The maximum Gasteiger partial charge on any atom is 0.337 e. The van der Waals surface area contributed by atoms with Gasteiger partial charge in [0, 0.05) is 0 Å². The van der Waals surface area contributed by atoms with Crippen LogP contribution in [0.15, 0.2) is 24.3 Å². The fraction of sp³-hybridized carbons (Fsp3) is 0.364. The highest BCUT2D eigenvalue weighted by Crippen LogP contribution is 2.17. The molecule has 1 atom stereocenters. The Morgan fingerprint density at radius 3 is 2.47 bits per heavy atom. The highest BCUT2D eigenvalue weighted by molar-refractivity contribution is 5.74. The van der Waals surface area contributed by atoms with Crippen molar-refractivity contribution in [2.45, 2.75) is 19.4 Å². The number of carboxylic acids is 1. The lowest BCUT2D eigenvalue weighted by atomic mass is 10.1. The monoisotopic (exact) mass is 210 g/mol. The Hall–Kier alpha value is -1.55. The summed E-state index contributed by atoms with van der Waals surface area (Å²) in [5, 5.41) is 17.8.